The van der Waals surface area contributed by atoms with E-state index in [0.717, 1.165) is 16.8 Å². The molecule has 3 nitrogen and oxygen atoms in total. The number of nitrogens with zero attached hydrogens (tertiary/aromatic N) is 2. The molecule has 1 amide bonds. The Balaban J connectivity index is 1.96. The summed E-state index contributed by atoms with van der Waals surface area (Å²) in [5.41, 5.74) is 3.54. The number of para-hydroxylation sites is 1. The van der Waals surface area contributed by atoms with Crippen LogP contribution in [0.4, 0.5) is 10.1 Å². The van der Waals surface area contributed by atoms with Crippen LogP contribution in [0.1, 0.15) is 28.4 Å². The van der Waals surface area contributed by atoms with Gasteiger partial charge in [0.25, 0.3) is 5.91 Å². The minimum Gasteiger partial charge on any atom is -0.286 e. The third kappa shape index (κ3) is 3.36. The average molecular weight is 342 g/mol. The van der Waals surface area contributed by atoms with Crippen molar-refractivity contribution in [2.24, 2.45) is 4.99 Å². The van der Waals surface area contributed by atoms with Crippen molar-refractivity contribution in [3.63, 3.8) is 0 Å². The number of hydrogen-bond acceptors (Lipinski definition) is 3. The van der Waals surface area contributed by atoms with Gasteiger partial charge in [-0.3, -0.25) is 9.69 Å². The molecular formula is C19H19FN2OS. The van der Waals surface area contributed by atoms with Crippen LogP contribution < -0.4 is 0 Å². The van der Waals surface area contributed by atoms with Crippen LogP contribution in [0.2, 0.25) is 0 Å². The highest BCUT2D eigenvalue weighted by molar-refractivity contribution is 8.14. The molecule has 1 fully saturated rings. The van der Waals surface area contributed by atoms with Crippen molar-refractivity contribution in [1.29, 1.82) is 0 Å². The second kappa shape index (κ2) is 6.77. The molecule has 2 aromatic carbocycles. The Hall–Kier alpha value is -2.14. The maximum atomic E-state index is 13.1. The first-order chi connectivity index (χ1) is 11.5. The van der Waals surface area contributed by atoms with Crippen LogP contribution in [-0.4, -0.2) is 27.8 Å². The lowest BCUT2D eigenvalue weighted by atomic mass is 10.1. The molecule has 1 saturated heterocycles. The van der Waals surface area contributed by atoms with E-state index in [4.69, 9.17) is 4.99 Å². The molecule has 0 N–H and O–H groups in total. The quantitative estimate of drug-likeness (QED) is 0.792. The number of rotatable bonds is 2. The molecule has 1 unspecified atom stereocenters. The topological polar surface area (TPSA) is 32.7 Å². The van der Waals surface area contributed by atoms with Gasteiger partial charge in [0.15, 0.2) is 5.17 Å². The maximum Gasteiger partial charge on any atom is 0.259 e. The highest BCUT2D eigenvalue weighted by atomic mass is 32.2. The van der Waals surface area contributed by atoms with Crippen molar-refractivity contribution in [1.82, 2.24) is 4.90 Å². The van der Waals surface area contributed by atoms with E-state index in [1.807, 2.05) is 32.0 Å². The number of thioether (sulfide) groups is 1. The molecule has 0 bridgehead atoms. The van der Waals surface area contributed by atoms with Crippen LogP contribution in [-0.2, 0) is 0 Å². The summed E-state index contributed by atoms with van der Waals surface area (Å²) >= 11 is 1.59. The Morgan fingerprint density at radius 2 is 1.79 bits per heavy atom. The summed E-state index contributed by atoms with van der Waals surface area (Å²) in [5.74, 6) is -0.489. The standard InChI is InChI=1S/C19H19FN2OS/c1-12-5-4-6-13(2)17(12)21-19-22(11-14(3)24-19)18(23)15-7-9-16(20)10-8-15/h4-10,14H,11H2,1-3H3. The predicted molar refractivity (Wildman–Crippen MR) is 97.5 cm³/mol. The van der Waals surface area contributed by atoms with Crippen molar-refractivity contribution in [2.75, 3.05) is 6.54 Å². The molecule has 1 aliphatic heterocycles. The van der Waals surface area contributed by atoms with Crippen LogP contribution in [0.3, 0.4) is 0 Å². The first-order valence-electron chi connectivity index (χ1n) is 7.84. The molecule has 3 rings (SSSR count). The van der Waals surface area contributed by atoms with Gasteiger partial charge in [-0.2, -0.15) is 0 Å². The van der Waals surface area contributed by atoms with Gasteiger partial charge in [-0.05, 0) is 49.2 Å². The normalized spacial score (nSPS) is 19.1. The zero-order valence-electron chi connectivity index (χ0n) is 13.9. The summed E-state index contributed by atoms with van der Waals surface area (Å²) in [6.07, 6.45) is 0. The number of benzene rings is 2. The number of carbonyl (C=O) groups is 1. The smallest absolute Gasteiger partial charge is 0.259 e. The molecule has 1 atom stereocenters. The van der Waals surface area contributed by atoms with E-state index in [1.165, 1.54) is 24.3 Å². The van der Waals surface area contributed by atoms with Gasteiger partial charge in [0.05, 0.1) is 5.69 Å². The van der Waals surface area contributed by atoms with Crippen molar-refractivity contribution in [3.05, 3.63) is 65.0 Å². The van der Waals surface area contributed by atoms with Crippen LogP contribution in [0, 0.1) is 19.7 Å². The van der Waals surface area contributed by atoms with Gasteiger partial charge in [0.1, 0.15) is 5.82 Å². The zero-order chi connectivity index (χ0) is 17.3. The Labute approximate surface area is 145 Å². The minimum absolute atomic E-state index is 0.142. The van der Waals surface area contributed by atoms with Crippen LogP contribution in [0.5, 0.6) is 0 Å². The fourth-order valence-electron chi connectivity index (χ4n) is 2.70. The predicted octanol–water partition coefficient (Wildman–Crippen LogP) is 4.71. The molecule has 1 aliphatic rings. The lowest BCUT2D eigenvalue weighted by Crippen LogP contribution is -2.32. The summed E-state index contributed by atoms with van der Waals surface area (Å²) in [6, 6.07) is 11.7. The van der Waals surface area contributed by atoms with E-state index >= 15 is 0 Å². The molecule has 0 aromatic heterocycles. The molecule has 0 aliphatic carbocycles. The molecule has 2 aromatic rings. The summed E-state index contributed by atoms with van der Waals surface area (Å²) in [6.45, 7) is 6.70. The van der Waals surface area contributed by atoms with Gasteiger partial charge >= 0.3 is 0 Å². The number of aliphatic imine (C=N–C) groups is 1. The molecule has 5 heteroatoms. The van der Waals surface area contributed by atoms with E-state index in [-0.39, 0.29) is 17.0 Å². The van der Waals surface area contributed by atoms with Gasteiger partial charge in [-0.1, -0.05) is 36.9 Å². The van der Waals surface area contributed by atoms with E-state index < -0.39 is 0 Å². The fourth-order valence-corrected chi connectivity index (χ4v) is 3.71. The molecule has 1 heterocycles. The Morgan fingerprint density at radius 1 is 1.17 bits per heavy atom. The lowest BCUT2D eigenvalue weighted by Gasteiger charge is -2.17. The van der Waals surface area contributed by atoms with E-state index in [0.29, 0.717) is 17.3 Å². The number of amides is 1. The SMILES string of the molecule is Cc1cccc(C)c1N=C1SC(C)CN1C(=O)c1ccc(F)cc1. The third-order valence-corrected chi connectivity index (χ3v) is 5.03. The highest BCUT2D eigenvalue weighted by Crippen LogP contribution is 2.32. The van der Waals surface area contributed by atoms with E-state index in [1.54, 1.807) is 16.7 Å². The van der Waals surface area contributed by atoms with Crippen LogP contribution in [0.15, 0.2) is 47.5 Å². The second-order valence-electron chi connectivity index (χ2n) is 5.99. The first kappa shape index (κ1) is 16.7. The molecular weight excluding hydrogens is 323 g/mol. The van der Waals surface area contributed by atoms with Crippen molar-refractivity contribution in [2.45, 2.75) is 26.0 Å². The van der Waals surface area contributed by atoms with Gasteiger partial charge < -0.3 is 0 Å². The van der Waals surface area contributed by atoms with Crippen molar-refractivity contribution < 1.29 is 9.18 Å². The summed E-state index contributed by atoms with van der Waals surface area (Å²) in [7, 11) is 0. The molecule has 0 saturated carbocycles. The van der Waals surface area contributed by atoms with Gasteiger partial charge in [0.2, 0.25) is 0 Å². The van der Waals surface area contributed by atoms with Crippen LogP contribution >= 0.6 is 11.8 Å². The van der Waals surface area contributed by atoms with E-state index in [2.05, 4.69) is 6.92 Å². The fraction of sp³-hybridized carbons (Fsp3) is 0.263. The monoisotopic (exact) mass is 342 g/mol. The summed E-state index contributed by atoms with van der Waals surface area (Å²) < 4.78 is 13.1. The molecule has 24 heavy (non-hydrogen) atoms. The van der Waals surface area contributed by atoms with Gasteiger partial charge in [-0.25, -0.2) is 9.38 Å². The first-order valence-corrected chi connectivity index (χ1v) is 8.72. The molecule has 124 valence electrons. The maximum absolute atomic E-state index is 13.1. The molecule has 0 spiro atoms. The third-order valence-electron chi connectivity index (χ3n) is 3.96. The summed E-state index contributed by atoms with van der Waals surface area (Å²) in [5, 5.41) is 0.978. The number of aryl methyl sites for hydroxylation is 2. The largest absolute Gasteiger partial charge is 0.286 e. The lowest BCUT2D eigenvalue weighted by molar-refractivity contribution is 0.0855. The number of hydrogen-bond donors (Lipinski definition) is 0. The highest BCUT2D eigenvalue weighted by Gasteiger charge is 2.31. The average Bonchev–Trinajstić information content (AvgIpc) is 2.92. The van der Waals surface area contributed by atoms with Crippen molar-refractivity contribution in [3.8, 4) is 0 Å². The Bertz CT molecular complexity index is 781. The van der Waals surface area contributed by atoms with E-state index in [9.17, 15) is 9.18 Å². The van der Waals surface area contributed by atoms with Gasteiger partial charge in [-0.15, -0.1) is 0 Å². The number of amidine groups is 1. The second-order valence-corrected chi connectivity index (χ2v) is 7.39. The molecule has 0 radical (unpaired) electrons. The Morgan fingerprint density at radius 3 is 2.42 bits per heavy atom. The van der Waals surface area contributed by atoms with Crippen molar-refractivity contribution >= 4 is 28.5 Å². The van der Waals surface area contributed by atoms with Crippen LogP contribution in [0.25, 0.3) is 0 Å². The number of carbonyl (C=O) groups excluding carboxylic acids is 1. The minimum atomic E-state index is -0.347. The zero-order valence-corrected chi connectivity index (χ0v) is 14.7. The van der Waals surface area contributed by atoms with Gasteiger partial charge in [0, 0.05) is 17.4 Å². The Kier molecular flexibility index (Phi) is 4.71. The number of halogens is 1. The summed E-state index contributed by atoms with van der Waals surface area (Å²) in [4.78, 5) is 19.2.